The van der Waals surface area contributed by atoms with Gasteiger partial charge >= 0.3 is 5.97 Å². The highest BCUT2D eigenvalue weighted by Gasteiger charge is 2.20. The number of nitrogens with one attached hydrogen (secondary N) is 1. The van der Waals surface area contributed by atoms with Gasteiger partial charge in [0.25, 0.3) is 5.91 Å². The Balaban J connectivity index is 2.60. The number of hydrogen-bond acceptors (Lipinski definition) is 5. The second-order valence-electron chi connectivity index (χ2n) is 2.42. The van der Waals surface area contributed by atoms with Crippen LogP contribution < -0.4 is 5.32 Å². The second-order valence-corrected chi connectivity index (χ2v) is 2.42. The maximum atomic E-state index is 11.2. The Morgan fingerprint density at radius 1 is 1.64 bits per heavy atom. The molecule has 0 aliphatic rings. The Labute approximate surface area is 78.3 Å². The maximum Gasteiger partial charge on any atom is 0.328 e. The molecule has 1 amide bonds. The van der Waals surface area contributed by atoms with Crippen molar-refractivity contribution in [1.29, 1.82) is 0 Å². The summed E-state index contributed by atoms with van der Waals surface area (Å²) >= 11 is 0. The van der Waals surface area contributed by atoms with Gasteiger partial charge in [-0.3, -0.25) is 4.79 Å². The number of hydrogen-bond donors (Lipinski definition) is 3. The number of carbonyl (C=O) groups is 2. The number of aliphatic carboxylic acids is 1. The number of carboxylic acid groups (broad SMARTS) is 1. The van der Waals surface area contributed by atoms with Gasteiger partial charge in [-0.1, -0.05) is 5.16 Å². The summed E-state index contributed by atoms with van der Waals surface area (Å²) in [5, 5.41) is 22.4. The van der Waals surface area contributed by atoms with Gasteiger partial charge in [0, 0.05) is 6.07 Å². The van der Waals surface area contributed by atoms with Crippen LogP contribution in [-0.4, -0.2) is 39.9 Å². The van der Waals surface area contributed by atoms with Crippen LogP contribution in [-0.2, 0) is 4.79 Å². The van der Waals surface area contributed by atoms with E-state index in [0.717, 1.165) is 0 Å². The number of aliphatic hydroxyl groups excluding tert-OH is 1. The number of aromatic nitrogens is 1. The smallest absolute Gasteiger partial charge is 0.328 e. The summed E-state index contributed by atoms with van der Waals surface area (Å²) in [4.78, 5) is 21.6. The van der Waals surface area contributed by atoms with Crippen molar-refractivity contribution in [2.24, 2.45) is 0 Å². The molecule has 0 aliphatic heterocycles. The molecule has 3 N–H and O–H groups in total. The molecule has 1 heterocycles. The van der Waals surface area contributed by atoms with E-state index in [-0.39, 0.29) is 5.76 Å². The Kier molecular flexibility index (Phi) is 3.19. The molecule has 1 atom stereocenters. The largest absolute Gasteiger partial charge is 0.480 e. The first kappa shape index (κ1) is 10.2. The molecule has 0 saturated heterocycles. The third kappa shape index (κ3) is 2.30. The number of carboxylic acids is 1. The summed E-state index contributed by atoms with van der Waals surface area (Å²) in [7, 11) is 0. The zero-order valence-electron chi connectivity index (χ0n) is 7.01. The van der Waals surface area contributed by atoms with E-state index < -0.39 is 24.5 Å². The normalized spacial score (nSPS) is 12.1. The number of rotatable bonds is 4. The minimum atomic E-state index is -1.34. The molecule has 7 heteroatoms. The topological polar surface area (TPSA) is 113 Å². The fraction of sp³-hybridized carbons (Fsp3) is 0.286. The van der Waals surface area contributed by atoms with Crippen molar-refractivity contribution in [3.63, 3.8) is 0 Å². The Morgan fingerprint density at radius 3 is 2.79 bits per heavy atom. The summed E-state index contributed by atoms with van der Waals surface area (Å²) in [5.74, 6) is -2.16. The van der Waals surface area contributed by atoms with E-state index >= 15 is 0 Å². The molecule has 0 spiro atoms. The first-order valence-corrected chi connectivity index (χ1v) is 3.70. The van der Waals surface area contributed by atoms with E-state index in [1.165, 1.54) is 12.3 Å². The van der Waals surface area contributed by atoms with Gasteiger partial charge in [-0.2, -0.15) is 0 Å². The van der Waals surface area contributed by atoms with Crippen molar-refractivity contribution in [2.75, 3.05) is 6.61 Å². The van der Waals surface area contributed by atoms with E-state index in [2.05, 4.69) is 9.68 Å². The van der Waals surface area contributed by atoms with Gasteiger partial charge in [0.2, 0.25) is 5.76 Å². The zero-order chi connectivity index (χ0) is 10.6. The highest BCUT2D eigenvalue weighted by atomic mass is 16.5. The number of carbonyl (C=O) groups excluding carboxylic acids is 1. The van der Waals surface area contributed by atoms with Crippen LogP contribution in [0.2, 0.25) is 0 Å². The van der Waals surface area contributed by atoms with Gasteiger partial charge in [-0.05, 0) is 0 Å². The average molecular weight is 200 g/mol. The summed E-state index contributed by atoms with van der Waals surface area (Å²) < 4.78 is 4.48. The van der Waals surface area contributed by atoms with Crippen LogP contribution in [0.15, 0.2) is 16.8 Å². The molecule has 0 aliphatic carbocycles. The quantitative estimate of drug-likeness (QED) is 0.565. The van der Waals surface area contributed by atoms with E-state index in [1.54, 1.807) is 0 Å². The fourth-order valence-corrected chi connectivity index (χ4v) is 0.748. The minimum Gasteiger partial charge on any atom is -0.480 e. The number of amides is 1. The first-order chi connectivity index (χ1) is 6.65. The molecular weight excluding hydrogens is 192 g/mol. The summed E-state index contributed by atoms with van der Waals surface area (Å²) in [6, 6.07) is -0.0568. The molecule has 1 rings (SSSR count). The molecule has 0 saturated carbocycles. The number of aliphatic hydroxyl groups is 1. The van der Waals surface area contributed by atoms with Gasteiger partial charge in [0.1, 0.15) is 0 Å². The van der Waals surface area contributed by atoms with Crippen LogP contribution in [0.3, 0.4) is 0 Å². The van der Waals surface area contributed by atoms with Crippen molar-refractivity contribution in [2.45, 2.75) is 6.04 Å². The van der Waals surface area contributed by atoms with Gasteiger partial charge in [0.15, 0.2) is 6.04 Å². The lowest BCUT2D eigenvalue weighted by molar-refractivity contribution is -0.140. The first-order valence-electron chi connectivity index (χ1n) is 3.70. The van der Waals surface area contributed by atoms with Crippen LogP contribution in [0, 0.1) is 0 Å². The van der Waals surface area contributed by atoms with Crippen LogP contribution in [0.5, 0.6) is 0 Å². The van der Waals surface area contributed by atoms with Gasteiger partial charge in [-0.15, -0.1) is 0 Å². The van der Waals surface area contributed by atoms with Crippen LogP contribution >= 0.6 is 0 Å². The summed E-state index contributed by atoms with van der Waals surface area (Å²) in [6.45, 7) is -0.685. The molecule has 0 radical (unpaired) electrons. The molecule has 0 fully saturated rings. The third-order valence-corrected chi connectivity index (χ3v) is 1.45. The van der Waals surface area contributed by atoms with Crippen LogP contribution in [0.25, 0.3) is 0 Å². The Morgan fingerprint density at radius 2 is 2.36 bits per heavy atom. The molecule has 14 heavy (non-hydrogen) atoms. The lowest BCUT2D eigenvalue weighted by Crippen LogP contribution is -2.43. The molecule has 76 valence electrons. The monoisotopic (exact) mass is 200 g/mol. The lowest BCUT2D eigenvalue weighted by Gasteiger charge is -2.09. The molecule has 1 aromatic rings. The van der Waals surface area contributed by atoms with Gasteiger partial charge in [0.05, 0.1) is 12.8 Å². The maximum absolute atomic E-state index is 11.2. The predicted octanol–water partition coefficient (Wildman–Crippen LogP) is -1.15. The lowest BCUT2D eigenvalue weighted by atomic mass is 10.3. The second kappa shape index (κ2) is 4.38. The van der Waals surface area contributed by atoms with Gasteiger partial charge < -0.3 is 20.1 Å². The fourth-order valence-electron chi connectivity index (χ4n) is 0.748. The van der Waals surface area contributed by atoms with Crippen molar-refractivity contribution < 1.29 is 24.3 Å². The predicted molar refractivity (Wildman–Crippen MR) is 42.5 cm³/mol. The van der Waals surface area contributed by atoms with Gasteiger partial charge in [-0.25, -0.2) is 4.79 Å². The van der Waals surface area contributed by atoms with Crippen LogP contribution in [0.1, 0.15) is 10.6 Å². The van der Waals surface area contributed by atoms with E-state index in [4.69, 9.17) is 10.2 Å². The molecule has 7 nitrogen and oxygen atoms in total. The summed E-state index contributed by atoms with van der Waals surface area (Å²) in [5.41, 5.74) is 0. The molecular formula is C7H8N2O5. The Hall–Kier alpha value is -1.89. The van der Waals surface area contributed by atoms with Crippen molar-refractivity contribution >= 4 is 11.9 Å². The average Bonchev–Trinajstić information content (AvgIpc) is 2.65. The summed E-state index contributed by atoms with van der Waals surface area (Å²) in [6.07, 6.45) is 1.25. The zero-order valence-corrected chi connectivity index (χ0v) is 7.01. The standard InChI is InChI=1S/C7H8N2O5/c10-3-4(7(12)13)9-6(11)5-1-2-8-14-5/h1-2,4,10H,3H2,(H,9,11)(H,12,13)/t4-/m1/s1. The van der Waals surface area contributed by atoms with E-state index in [9.17, 15) is 9.59 Å². The van der Waals surface area contributed by atoms with E-state index in [0.29, 0.717) is 0 Å². The molecule has 0 unspecified atom stereocenters. The van der Waals surface area contributed by atoms with Crippen LogP contribution in [0.4, 0.5) is 0 Å². The Bertz CT molecular complexity index is 321. The van der Waals surface area contributed by atoms with Crippen molar-refractivity contribution in [1.82, 2.24) is 10.5 Å². The third-order valence-electron chi connectivity index (χ3n) is 1.45. The SMILES string of the molecule is O=C(N[C@H](CO)C(=O)O)c1ccno1. The number of nitrogens with zero attached hydrogens (tertiary/aromatic N) is 1. The molecule has 1 aromatic heterocycles. The molecule has 0 aromatic carbocycles. The van der Waals surface area contributed by atoms with Crippen molar-refractivity contribution in [3.05, 3.63) is 18.0 Å². The highest BCUT2D eigenvalue weighted by molar-refractivity contribution is 5.94. The van der Waals surface area contributed by atoms with Crippen molar-refractivity contribution in [3.8, 4) is 0 Å². The molecule has 0 bridgehead atoms. The highest BCUT2D eigenvalue weighted by Crippen LogP contribution is 1.96. The minimum absolute atomic E-state index is 0.107. The van der Waals surface area contributed by atoms with E-state index in [1.807, 2.05) is 5.32 Å².